The van der Waals surface area contributed by atoms with Gasteiger partial charge in [0.1, 0.15) is 0 Å². The average Bonchev–Trinajstić information content (AvgIpc) is 2.40. The van der Waals surface area contributed by atoms with Crippen LogP contribution in [0.5, 0.6) is 0 Å². The van der Waals surface area contributed by atoms with E-state index in [1.54, 1.807) is 0 Å². The van der Waals surface area contributed by atoms with Crippen molar-refractivity contribution < 1.29 is 9.00 Å². The van der Waals surface area contributed by atoms with Crippen LogP contribution < -0.4 is 10.6 Å². The summed E-state index contributed by atoms with van der Waals surface area (Å²) >= 11 is 0. The van der Waals surface area contributed by atoms with Crippen molar-refractivity contribution in [3.05, 3.63) is 0 Å². The molecule has 2 aliphatic heterocycles. The molecule has 2 aliphatic rings. The number of piperidine rings is 1. The lowest BCUT2D eigenvalue weighted by atomic mass is 9.94. The van der Waals surface area contributed by atoms with Crippen molar-refractivity contribution in [2.45, 2.75) is 44.6 Å². The van der Waals surface area contributed by atoms with Crippen LogP contribution in [-0.4, -0.2) is 40.8 Å². The molecule has 1 atom stereocenters. The zero-order valence-corrected chi connectivity index (χ0v) is 11.8. The molecular weight excluding hydrogens is 248 g/mol. The number of carbonyl (C=O) groups excluding carboxylic acids is 1. The van der Waals surface area contributed by atoms with Gasteiger partial charge in [-0.25, -0.2) is 0 Å². The van der Waals surface area contributed by atoms with Crippen molar-refractivity contribution in [2.75, 3.05) is 24.6 Å². The molecule has 4 nitrogen and oxygen atoms in total. The maximum Gasteiger partial charge on any atom is 0.220 e. The molecule has 0 saturated carbocycles. The highest BCUT2D eigenvalue weighted by Gasteiger charge is 2.20. The number of carbonyl (C=O) groups is 1. The van der Waals surface area contributed by atoms with Crippen LogP contribution in [-0.2, 0) is 15.6 Å². The second-order valence-corrected chi connectivity index (χ2v) is 7.14. The van der Waals surface area contributed by atoms with Crippen LogP contribution in [0.15, 0.2) is 0 Å². The van der Waals surface area contributed by atoms with Crippen LogP contribution in [0.3, 0.4) is 0 Å². The topological polar surface area (TPSA) is 58.2 Å². The molecule has 2 N–H and O–H groups in total. The quantitative estimate of drug-likeness (QED) is 0.795. The first-order chi connectivity index (χ1) is 8.74. The molecule has 2 saturated heterocycles. The fourth-order valence-electron chi connectivity index (χ4n) is 2.74. The van der Waals surface area contributed by atoms with E-state index in [2.05, 4.69) is 10.6 Å². The Morgan fingerprint density at radius 2 is 2.06 bits per heavy atom. The first-order valence-electron chi connectivity index (χ1n) is 7.09. The highest BCUT2D eigenvalue weighted by molar-refractivity contribution is 7.85. The van der Waals surface area contributed by atoms with Gasteiger partial charge in [-0.1, -0.05) is 0 Å². The summed E-state index contributed by atoms with van der Waals surface area (Å²) in [5, 5.41) is 6.46. The van der Waals surface area contributed by atoms with Crippen molar-refractivity contribution in [3.63, 3.8) is 0 Å². The second kappa shape index (κ2) is 7.24. The summed E-state index contributed by atoms with van der Waals surface area (Å²) in [7, 11) is -0.643. The lowest BCUT2D eigenvalue weighted by Gasteiger charge is -2.24. The maximum absolute atomic E-state index is 11.8. The Balaban J connectivity index is 1.61. The zero-order chi connectivity index (χ0) is 12.8. The fourth-order valence-corrected chi connectivity index (χ4v) is 4.04. The van der Waals surface area contributed by atoms with E-state index < -0.39 is 10.8 Å². The summed E-state index contributed by atoms with van der Waals surface area (Å²) in [6, 6.07) is 0.264. The van der Waals surface area contributed by atoms with E-state index in [0.717, 1.165) is 43.9 Å². The van der Waals surface area contributed by atoms with E-state index in [0.29, 0.717) is 12.3 Å². The zero-order valence-electron chi connectivity index (χ0n) is 11.0. The molecule has 2 rings (SSSR count). The second-order valence-electron chi connectivity index (χ2n) is 5.44. The SMILES string of the molecule is O=C(CCC1CCCNC1)NC1CCS(=O)CC1. The molecule has 104 valence electrons. The van der Waals surface area contributed by atoms with Crippen LogP contribution in [0, 0.1) is 5.92 Å². The first kappa shape index (κ1) is 14.0. The Hall–Kier alpha value is -0.420. The molecule has 0 aliphatic carbocycles. The molecule has 2 fully saturated rings. The van der Waals surface area contributed by atoms with Crippen LogP contribution >= 0.6 is 0 Å². The summed E-state index contributed by atoms with van der Waals surface area (Å²) < 4.78 is 11.2. The minimum absolute atomic E-state index is 0.179. The lowest BCUT2D eigenvalue weighted by Crippen LogP contribution is -2.40. The lowest BCUT2D eigenvalue weighted by molar-refractivity contribution is -0.122. The molecule has 0 aromatic heterocycles. The number of nitrogens with one attached hydrogen (secondary N) is 2. The number of amides is 1. The van der Waals surface area contributed by atoms with E-state index >= 15 is 0 Å². The summed E-state index contributed by atoms with van der Waals surface area (Å²) in [5.74, 6) is 2.34. The molecule has 0 spiro atoms. The Bertz CT molecular complexity index is 293. The standard InChI is InChI=1S/C13H24N2O2S/c16-13(4-3-11-2-1-7-14-10-11)15-12-5-8-18(17)9-6-12/h11-12,14H,1-10H2,(H,15,16). The van der Waals surface area contributed by atoms with Gasteiger partial charge in [0.15, 0.2) is 0 Å². The van der Waals surface area contributed by atoms with Gasteiger partial charge in [-0.15, -0.1) is 0 Å². The maximum atomic E-state index is 11.8. The normalized spacial score (nSPS) is 33.0. The number of rotatable bonds is 4. The summed E-state index contributed by atoms with van der Waals surface area (Å²) in [6.07, 6.45) is 5.89. The van der Waals surface area contributed by atoms with Gasteiger partial charge in [0.2, 0.25) is 5.91 Å². The minimum Gasteiger partial charge on any atom is -0.353 e. The molecule has 5 heteroatoms. The number of hydrogen-bond acceptors (Lipinski definition) is 3. The van der Waals surface area contributed by atoms with Crippen molar-refractivity contribution in [3.8, 4) is 0 Å². The van der Waals surface area contributed by atoms with Crippen LogP contribution in [0.4, 0.5) is 0 Å². The average molecular weight is 272 g/mol. The van der Waals surface area contributed by atoms with Gasteiger partial charge >= 0.3 is 0 Å². The van der Waals surface area contributed by atoms with Crippen LogP contribution in [0.2, 0.25) is 0 Å². The molecule has 0 aromatic rings. The summed E-state index contributed by atoms with van der Waals surface area (Å²) in [4.78, 5) is 11.8. The van der Waals surface area contributed by atoms with E-state index in [1.807, 2.05) is 0 Å². The van der Waals surface area contributed by atoms with Crippen LogP contribution in [0.25, 0.3) is 0 Å². The molecule has 1 amide bonds. The van der Waals surface area contributed by atoms with Crippen LogP contribution in [0.1, 0.15) is 38.5 Å². The van der Waals surface area contributed by atoms with Gasteiger partial charge in [-0.05, 0) is 51.1 Å². The third-order valence-corrected chi connectivity index (χ3v) is 5.31. The molecule has 0 radical (unpaired) electrons. The number of hydrogen-bond donors (Lipinski definition) is 2. The van der Waals surface area contributed by atoms with Crippen molar-refractivity contribution in [1.82, 2.24) is 10.6 Å². The van der Waals surface area contributed by atoms with Gasteiger partial charge in [0.25, 0.3) is 0 Å². The Morgan fingerprint density at radius 1 is 1.28 bits per heavy atom. The summed E-state index contributed by atoms with van der Waals surface area (Å²) in [5.41, 5.74) is 0. The van der Waals surface area contributed by atoms with Gasteiger partial charge in [0, 0.05) is 34.8 Å². The highest BCUT2D eigenvalue weighted by atomic mass is 32.2. The molecular formula is C13H24N2O2S. The Kier molecular flexibility index (Phi) is 5.63. The molecule has 2 heterocycles. The monoisotopic (exact) mass is 272 g/mol. The third kappa shape index (κ3) is 4.69. The van der Waals surface area contributed by atoms with Crippen molar-refractivity contribution in [1.29, 1.82) is 0 Å². The van der Waals surface area contributed by atoms with Gasteiger partial charge in [-0.2, -0.15) is 0 Å². The third-order valence-electron chi connectivity index (χ3n) is 3.93. The molecule has 0 aromatic carbocycles. The fraction of sp³-hybridized carbons (Fsp3) is 0.923. The minimum atomic E-state index is -0.643. The molecule has 1 unspecified atom stereocenters. The summed E-state index contributed by atoms with van der Waals surface area (Å²) in [6.45, 7) is 2.19. The van der Waals surface area contributed by atoms with E-state index in [4.69, 9.17) is 0 Å². The Morgan fingerprint density at radius 3 is 2.72 bits per heavy atom. The van der Waals surface area contributed by atoms with Crippen molar-refractivity contribution in [2.24, 2.45) is 5.92 Å². The van der Waals surface area contributed by atoms with Crippen molar-refractivity contribution >= 4 is 16.7 Å². The largest absolute Gasteiger partial charge is 0.353 e. The van der Waals surface area contributed by atoms with E-state index in [1.165, 1.54) is 12.8 Å². The van der Waals surface area contributed by atoms with E-state index in [9.17, 15) is 9.00 Å². The molecule has 0 bridgehead atoms. The van der Waals surface area contributed by atoms with E-state index in [-0.39, 0.29) is 11.9 Å². The first-order valence-corrected chi connectivity index (χ1v) is 8.58. The predicted molar refractivity (Wildman–Crippen MR) is 73.9 cm³/mol. The van der Waals surface area contributed by atoms with Gasteiger partial charge in [0.05, 0.1) is 0 Å². The van der Waals surface area contributed by atoms with Gasteiger partial charge in [-0.3, -0.25) is 9.00 Å². The Labute approximate surface area is 112 Å². The smallest absolute Gasteiger partial charge is 0.220 e. The molecule has 18 heavy (non-hydrogen) atoms. The van der Waals surface area contributed by atoms with Gasteiger partial charge < -0.3 is 10.6 Å². The predicted octanol–water partition coefficient (Wildman–Crippen LogP) is 0.793. The highest BCUT2D eigenvalue weighted by Crippen LogP contribution is 2.16.